The molecule has 9 heteroatoms. The third-order valence-corrected chi connectivity index (χ3v) is 2.02. The summed E-state index contributed by atoms with van der Waals surface area (Å²) in [6, 6.07) is -2.25. The third-order valence-electron chi connectivity index (χ3n) is 2.02. The molecular formula is C10H17N3O6. The minimum Gasteiger partial charge on any atom is -0.480 e. The van der Waals surface area contributed by atoms with Crippen LogP contribution < -0.4 is 11.1 Å². The zero-order valence-electron chi connectivity index (χ0n) is 10.7. The Bertz CT molecular complexity index is 370. The van der Waals surface area contributed by atoms with Crippen LogP contribution in [0.3, 0.4) is 0 Å². The molecular weight excluding hydrogens is 258 g/mol. The van der Waals surface area contributed by atoms with Gasteiger partial charge in [-0.05, 0) is 6.92 Å². The van der Waals surface area contributed by atoms with E-state index in [0.717, 1.165) is 4.90 Å². The number of hydrogen-bond acceptors (Lipinski definition) is 5. The molecule has 0 rings (SSSR count). The molecule has 0 aliphatic rings. The molecule has 9 nitrogen and oxygen atoms in total. The summed E-state index contributed by atoms with van der Waals surface area (Å²) in [6.45, 7) is 1.46. The minimum atomic E-state index is -1.44. The summed E-state index contributed by atoms with van der Waals surface area (Å²) in [5.74, 6) is -2.88. The molecule has 0 heterocycles. The maximum absolute atomic E-state index is 11.6. The van der Waals surface area contributed by atoms with Gasteiger partial charge in [-0.2, -0.15) is 0 Å². The topological polar surface area (TPSA) is 139 Å². The maximum Gasteiger partial charge on any atom is 0.326 e. The van der Waals surface area contributed by atoms with Crippen LogP contribution in [-0.2, 0) is 19.1 Å². The number of nitrogens with zero attached hydrogens (tertiary/aromatic N) is 1. The molecule has 0 spiro atoms. The number of esters is 1. The average Bonchev–Trinajstić information content (AvgIpc) is 2.27. The molecule has 1 atom stereocenters. The first-order chi connectivity index (χ1) is 8.77. The Morgan fingerprint density at radius 3 is 2.37 bits per heavy atom. The Hall–Kier alpha value is -2.32. The summed E-state index contributed by atoms with van der Waals surface area (Å²) >= 11 is 0. The first-order valence-corrected chi connectivity index (χ1v) is 5.46. The third kappa shape index (κ3) is 6.86. The van der Waals surface area contributed by atoms with Crippen molar-refractivity contribution in [2.24, 2.45) is 5.73 Å². The van der Waals surface area contributed by atoms with Crippen molar-refractivity contribution in [1.29, 1.82) is 0 Å². The van der Waals surface area contributed by atoms with Crippen LogP contribution in [0.1, 0.15) is 13.3 Å². The number of likely N-dealkylation sites (N-methyl/N-ethyl adjacent to an activating group) is 1. The van der Waals surface area contributed by atoms with Gasteiger partial charge in [-0.1, -0.05) is 0 Å². The van der Waals surface area contributed by atoms with Crippen molar-refractivity contribution < 1.29 is 29.0 Å². The van der Waals surface area contributed by atoms with Crippen molar-refractivity contribution in [2.75, 3.05) is 20.2 Å². The number of hydrogen-bond donors (Lipinski definition) is 3. The highest BCUT2D eigenvalue weighted by molar-refractivity contribution is 5.88. The zero-order valence-corrected chi connectivity index (χ0v) is 10.7. The van der Waals surface area contributed by atoms with E-state index >= 15 is 0 Å². The number of nitrogens with two attached hydrogens (primary N) is 1. The Morgan fingerprint density at radius 1 is 1.37 bits per heavy atom. The van der Waals surface area contributed by atoms with E-state index in [4.69, 9.17) is 10.8 Å². The summed E-state index contributed by atoms with van der Waals surface area (Å²) in [7, 11) is 1.29. The van der Waals surface area contributed by atoms with Gasteiger partial charge in [0, 0.05) is 7.05 Å². The SMILES string of the molecule is CCOC(=O)CN(C)C(=O)N[C@@H](CC(N)=O)C(=O)O. The lowest BCUT2D eigenvalue weighted by atomic mass is 10.2. The smallest absolute Gasteiger partial charge is 0.326 e. The average molecular weight is 275 g/mol. The molecule has 0 aromatic rings. The second-order valence-corrected chi connectivity index (χ2v) is 3.67. The first kappa shape index (κ1) is 16.7. The van der Waals surface area contributed by atoms with Gasteiger partial charge >= 0.3 is 18.0 Å². The molecule has 0 aromatic heterocycles. The van der Waals surface area contributed by atoms with Crippen molar-refractivity contribution in [3.05, 3.63) is 0 Å². The maximum atomic E-state index is 11.6. The van der Waals surface area contributed by atoms with Gasteiger partial charge in [0.05, 0.1) is 13.0 Å². The first-order valence-electron chi connectivity index (χ1n) is 5.46. The van der Waals surface area contributed by atoms with E-state index in [9.17, 15) is 19.2 Å². The summed E-state index contributed by atoms with van der Waals surface area (Å²) in [6.07, 6.45) is -0.533. The van der Waals surface area contributed by atoms with Crippen LogP contribution in [0.4, 0.5) is 4.79 Å². The van der Waals surface area contributed by atoms with Gasteiger partial charge in [0.2, 0.25) is 5.91 Å². The van der Waals surface area contributed by atoms with Crippen LogP contribution in [0.15, 0.2) is 0 Å². The molecule has 0 fully saturated rings. The predicted molar refractivity (Wildman–Crippen MR) is 63.0 cm³/mol. The van der Waals surface area contributed by atoms with Gasteiger partial charge in [0.1, 0.15) is 12.6 Å². The molecule has 0 aliphatic heterocycles. The fourth-order valence-electron chi connectivity index (χ4n) is 1.13. The molecule has 19 heavy (non-hydrogen) atoms. The van der Waals surface area contributed by atoms with Crippen LogP contribution >= 0.6 is 0 Å². The zero-order chi connectivity index (χ0) is 15.0. The number of urea groups is 1. The second-order valence-electron chi connectivity index (χ2n) is 3.67. The summed E-state index contributed by atoms with van der Waals surface area (Å²) in [5.41, 5.74) is 4.86. The number of carbonyl (C=O) groups is 4. The Morgan fingerprint density at radius 2 is 1.95 bits per heavy atom. The van der Waals surface area contributed by atoms with Crippen LogP contribution in [-0.4, -0.2) is 60.1 Å². The van der Waals surface area contributed by atoms with Crippen LogP contribution in [0.25, 0.3) is 0 Å². The number of carboxylic acids is 1. The number of carboxylic acid groups (broad SMARTS) is 1. The number of rotatable bonds is 7. The normalized spacial score (nSPS) is 11.3. The second kappa shape index (κ2) is 7.90. The van der Waals surface area contributed by atoms with Gasteiger partial charge in [-0.15, -0.1) is 0 Å². The van der Waals surface area contributed by atoms with Gasteiger partial charge < -0.3 is 25.8 Å². The lowest BCUT2D eigenvalue weighted by molar-refractivity contribution is -0.143. The van der Waals surface area contributed by atoms with E-state index in [2.05, 4.69) is 10.1 Å². The van der Waals surface area contributed by atoms with Gasteiger partial charge in [-0.25, -0.2) is 9.59 Å². The minimum absolute atomic E-state index is 0.174. The molecule has 3 amide bonds. The molecule has 0 aliphatic carbocycles. The van der Waals surface area contributed by atoms with E-state index < -0.39 is 36.3 Å². The predicted octanol–water partition coefficient (Wildman–Crippen LogP) is -1.48. The lowest BCUT2D eigenvalue weighted by Gasteiger charge is -2.19. The number of aliphatic carboxylic acids is 1. The van der Waals surface area contributed by atoms with Gasteiger partial charge in [0.15, 0.2) is 0 Å². The van der Waals surface area contributed by atoms with Crippen molar-refractivity contribution in [1.82, 2.24) is 10.2 Å². The Balaban J connectivity index is 4.42. The fraction of sp³-hybridized carbons (Fsp3) is 0.600. The fourth-order valence-corrected chi connectivity index (χ4v) is 1.13. The van der Waals surface area contributed by atoms with E-state index in [0.29, 0.717) is 0 Å². The summed E-state index contributed by atoms with van der Waals surface area (Å²) in [4.78, 5) is 45.1. The number of carbonyl (C=O) groups excluding carboxylic acids is 3. The van der Waals surface area contributed by atoms with Crippen molar-refractivity contribution in [2.45, 2.75) is 19.4 Å². The molecule has 0 radical (unpaired) electrons. The highest BCUT2D eigenvalue weighted by Gasteiger charge is 2.24. The quantitative estimate of drug-likeness (QED) is 0.484. The highest BCUT2D eigenvalue weighted by atomic mass is 16.5. The monoisotopic (exact) mass is 275 g/mol. The van der Waals surface area contributed by atoms with E-state index in [1.54, 1.807) is 6.92 Å². The number of ether oxygens (including phenoxy) is 1. The van der Waals surface area contributed by atoms with Crippen molar-refractivity contribution >= 4 is 23.9 Å². The Kier molecular flexibility index (Phi) is 6.94. The molecule has 4 N–H and O–H groups in total. The van der Waals surface area contributed by atoms with Gasteiger partial charge in [-0.3, -0.25) is 9.59 Å². The highest BCUT2D eigenvalue weighted by Crippen LogP contribution is 1.95. The van der Waals surface area contributed by atoms with Crippen LogP contribution in [0.2, 0.25) is 0 Å². The molecule has 0 saturated carbocycles. The Labute approximate surface area is 109 Å². The number of amides is 3. The van der Waals surface area contributed by atoms with E-state index in [1.807, 2.05) is 0 Å². The van der Waals surface area contributed by atoms with Gasteiger partial charge in [0.25, 0.3) is 0 Å². The van der Waals surface area contributed by atoms with E-state index in [1.165, 1.54) is 7.05 Å². The molecule has 0 bridgehead atoms. The lowest BCUT2D eigenvalue weighted by Crippen LogP contribution is -2.49. The summed E-state index contributed by atoms with van der Waals surface area (Å²) < 4.78 is 4.63. The van der Waals surface area contributed by atoms with Crippen molar-refractivity contribution in [3.63, 3.8) is 0 Å². The number of primary amides is 1. The standard InChI is InChI=1S/C10H17N3O6/c1-3-19-8(15)5-13(2)10(18)12-6(9(16)17)4-7(11)14/h6H,3-5H2,1-2H3,(H2,11,14)(H,12,18)(H,16,17)/t6-/m0/s1. The number of nitrogens with one attached hydrogen (secondary N) is 1. The summed E-state index contributed by atoms with van der Waals surface area (Å²) in [5, 5.41) is 10.9. The molecule has 0 saturated heterocycles. The van der Waals surface area contributed by atoms with Crippen LogP contribution in [0.5, 0.6) is 0 Å². The molecule has 0 aromatic carbocycles. The van der Waals surface area contributed by atoms with Crippen molar-refractivity contribution in [3.8, 4) is 0 Å². The van der Waals surface area contributed by atoms with Crippen LogP contribution in [0, 0.1) is 0 Å². The van der Waals surface area contributed by atoms with E-state index in [-0.39, 0.29) is 13.2 Å². The molecule has 0 unspecified atom stereocenters. The largest absolute Gasteiger partial charge is 0.480 e. The molecule has 108 valence electrons.